The maximum atomic E-state index is 10.8. The monoisotopic (exact) mass is 182 g/mol. The molecule has 0 saturated carbocycles. The van der Waals surface area contributed by atoms with E-state index in [1.54, 1.807) is 11.5 Å². The van der Waals surface area contributed by atoms with Crippen molar-refractivity contribution < 1.29 is 4.79 Å². The molecule has 4 heteroatoms. The van der Waals surface area contributed by atoms with Gasteiger partial charge in [0.15, 0.2) is 10.9 Å². The van der Waals surface area contributed by atoms with Crippen LogP contribution in [0.5, 0.6) is 0 Å². The van der Waals surface area contributed by atoms with E-state index < -0.39 is 0 Å². The number of hydrogen-bond donors (Lipinski definition) is 1. The number of anilines is 1. The van der Waals surface area contributed by atoms with Crippen molar-refractivity contribution in [2.45, 2.75) is 6.92 Å². The quantitative estimate of drug-likeness (QED) is 0.571. The zero-order chi connectivity index (χ0) is 8.97. The Balaban J connectivity index is 2.64. The van der Waals surface area contributed by atoms with Gasteiger partial charge in [-0.15, -0.1) is 17.9 Å². The zero-order valence-corrected chi connectivity index (χ0v) is 7.65. The number of rotatable bonds is 4. The van der Waals surface area contributed by atoms with Crippen molar-refractivity contribution in [2.75, 3.05) is 11.9 Å². The van der Waals surface area contributed by atoms with E-state index in [9.17, 15) is 4.79 Å². The first-order valence-corrected chi connectivity index (χ1v) is 4.43. The van der Waals surface area contributed by atoms with Crippen molar-refractivity contribution in [1.29, 1.82) is 0 Å². The minimum atomic E-state index is -0.00194. The highest BCUT2D eigenvalue weighted by molar-refractivity contribution is 7.13. The lowest BCUT2D eigenvalue weighted by Gasteiger charge is -1.94. The summed E-state index contributed by atoms with van der Waals surface area (Å²) < 4.78 is 0. The number of Topliss-reactive ketones (excluding diaryl/α,β-unsaturated/α-hetero) is 1. The van der Waals surface area contributed by atoms with Crippen LogP contribution < -0.4 is 5.32 Å². The molecule has 0 bridgehead atoms. The van der Waals surface area contributed by atoms with Crippen LogP contribution in [-0.4, -0.2) is 17.3 Å². The molecule has 1 aromatic rings. The number of thiazole rings is 1. The maximum Gasteiger partial charge on any atom is 0.183 e. The molecule has 0 spiro atoms. The molecule has 0 aliphatic rings. The topological polar surface area (TPSA) is 42.0 Å². The molecule has 0 atom stereocenters. The number of carbonyl (C=O) groups excluding carboxylic acids is 1. The Morgan fingerprint density at radius 3 is 3.17 bits per heavy atom. The van der Waals surface area contributed by atoms with E-state index in [0.29, 0.717) is 12.2 Å². The summed E-state index contributed by atoms with van der Waals surface area (Å²) in [4.78, 5) is 14.9. The Hall–Kier alpha value is -1.16. The average Bonchev–Trinajstić information content (AvgIpc) is 2.48. The lowest BCUT2D eigenvalue weighted by atomic mass is 10.4. The Labute approximate surface area is 75.1 Å². The van der Waals surface area contributed by atoms with Gasteiger partial charge in [0.05, 0.1) is 0 Å². The van der Waals surface area contributed by atoms with Gasteiger partial charge in [0.25, 0.3) is 0 Å². The first kappa shape index (κ1) is 8.93. The van der Waals surface area contributed by atoms with E-state index in [1.807, 2.05) is 0 Å². The molecule has 3 nitrogen and oxygen atoms in total. The molecule has 0 amide bonds. The number of aromatic nitrogens is 1. The van der Waals surface area contributed by atoms with Crippen LogP contribution in [-0.2, 0) is 0 Å². The minimum Gasteiger partial charge on any atom is -0.358 e. The molecule has 0 saturated heterocycles. The molecular weight excluding hydrogens is 172 g/mol. The van der Waals surface area contributed by atoms with E-state index in [1.165, 1.54) is 18.3 Å². The largest absolute Gasteiger partial charge is 0.358 e. The lowest BCUT2D eigenvalue weighted by molar-refractivity contribution is 0.101. The number of ketones is 1. The van der Waals surface area contributed by atoms with Crippen LogP contribution in [0, 0.1) is 0 Å². The van der Waals surface area contributed by atoms with Crippen molar-refractivity contribution in [3.63, 3.8) is 0 Å². The second-order valence-electron chi connectivity index (χ2n) is 2.26. The van der Waals surface area contributed by atoms with Crippen molar-refractivity contribution in [1.82, 2.24) is 4.98 Å². The summed E-state index contributed by atoms with van der Waals surface area (Å²) in [6, 6.07) is 0. The van der Waals surface area contributed by atoms with E-state index in [4.69, 9.17) is 0 Å². The van der Waals surface area contributed by atoms with Crippen LogP contribution in [0.1, 0.15) is 17.4 Å². The Morgan fingerprint density at radius 2 is 2.67 bits per heavy atom. The summed E-state index contributed by atoms with van der Waals surface area (Å²) in [6.07, 6.45) is 1.74. The summed E-state index contributed by atoms with van der Waals surface area (Å²) in [6.45, 7) is 5.74. The highest BCUT2D eigenvalue weighted by Gasteiger charge is 2.03. The molecule has 0 aliphatic carbocycles. The minimum absolute atomic E-state index is 0.00194. The summed E-state index contributed by atoms with van der Waals surface area (Å²) in [5.41, 5.74) is 0.520. The van der Waals surface area contributed by atoms with Gasteiger partial charge in [-0.05, 0) is 0 Å². The Kier molecular flexibility index (Phi) is 2.99. The van der Waals surface area contributed by atoms with Gasteiger partial charge in [-0.1, -0.05) is 6.08 Å². The molecule has 1 rings (SSSR count). The van der Waals surface area contributed by atoms with Crippen molar-refractivity contribution >= 4 is 22.3 Å². The maximum absolute atomic E-state index is 10.8. The van der Waals surface area contributed by atoms with Gasteiger partial charge in [-0.3, -0.25) is 4.79 Å². The molecule has 0 aromatic carbocycles. The average molecular weight is 182 g/mol. The van der Waals surface area contributed by atoms with E-state index in [2.05, 4.69) is 16.9 Å². The van der Waals surface area contributed by atoms with Crippen molar-refractivity contribution in [3.05, 3.63) is 23.7 Å². The van der Waals surface area contributed by atoms with Crippen LogP contribution in [0.15, 0.2) is 18.0 Å². The van der Waals surface area contributed by atoms with Crippen molar-refractivity contribution in [3.8, 4) is 0 Å². The summed E-state index contributed by atoms with van der Waals surface area (Å²) in [5, 5.41) is 5.51. The van der Waals surface area contributed by atoms with Gasteiger partial charge in [-0.2, -0.15) is 0 Å². The second kappa shape index (κ2) is 4.01. The number of nitrogens with zero attached hydrogens (tertiary/aromatic N) is 1. The summed E-state index contributed by atoms with van der Waals surface area (Å²) >= 11 is 1.43. The van der Waals surface area contributed by atoms with Gasteiger partial charge in [0, 0.05) is 18.8 Å². The first-order valence-electron chi connectivity index (χ1n) is 3.55. The molecule has 1 aromatic heterocycles. The predicted octanol–water partition coefficient (Wildman–Crippen LogP) is 1.94. The van der Waals surface area contributed by atoms with Crippen LogP contribution in [0.3, 0.4) is 0 Å². The molecule has 0 unspecified atom stereocenters. The molecule has 64 valence electrons. The van der Waals surface area contributed by atoms with Crippen LogP contribution in [0.2, 0.25) is 0 Å². The lowest BCUT2D eigenvalue weighted by Crippen LogP contribution is -1.98. The summed E-state index contributed by atoms with van der Waals surface area (Å²) in [7, 11) is 0. The molecule has 0 fully saturated rings. The summed E-state index contributed by atoms with van der Waals surface area (Å²) in [5.74, 6) is -0.00194. The molecule has 1 N–H and O–H groups in total. The van der Waals surface area contributed by atoms with Crippen molar-refractivity contribution in [2.24, 2.45) is 0 Å². The Bertz CT molecular complexity index is 293. The fraction of sp³-hybridized carbons (Fsp3) is 0.250. The van der Waals surface area contributed by atoms with Crippen LogP contribution >= 0.6 is 11.3 Å². The van der Waals surface area contributed by atoms with E-state index in [-0.39, 0.29) is 5.78 Å². The van der Waals surface area contributed by atoms with Gasteiger partial charge < -0.3 is 5.32 Å². The van der Waals surface area contributed by atoms with Gasteiger partial charge in [-0.25, -0.2) is 4.98 Å². The molecular formula is C8H10N2OS. The normalized spacial score (nSPS) is 9.42. The zero-order valence-electron chi connectivity index (χ0n) is 6.83. The molecule has 0 radical (unpaired) electrons. The fourth-order valence-corrected chi connectivity index (χ4v) is 1.44. The molecule has 12 heavy (non-hydrogen) atoms. The Morgan fingerprint density at radius 1 is 1.92 bits per heavy atom. The standard InChI is InChI=1S/C8H10N2OS/c1-3-4-9-8-10-7(5-12-8)6(2)11/h3,5H,1,4H2,2H3,(H,9,10). The van der Waals surface area contributed by atoms with Crippen LogP contribution in [0.25, 0.3) is 0 Å². The van der Waals surface area contributed by atoms with Gasteiger partial charge in [0.2, 0.25) is 0 Å². The number of carbonyl (C=O) groups is 1. The highest BCUT2D eigenvalue weighted by atomic mass is 32.1. The highest BCUT2D eigenvalue weighted by Crippen LogP contribution is 2.14. The van der Waals surface area contributed by atoms with E-state index >= 15 is 0 Å². The smallest absolute Gasteiger partial charge is 0.183 e. The number of nitrogens with one attached hydrogen (secondary N) is 1. The third-order valence-electron chi connectivity index (χ3n) is 1.26. The molecule has 0 aliphatic heterocycles. The third-order valence-corrected chi connectivity index (χ3v) is 2.06. The predicted molar refractivity (Wildman–Crippen MR) is 50.8 cm³/mol. The van der Waals surface area contributed by atoms with Gasteiger partial charge >= 0.3 is 0 Å². The van der Waals surface area contributed by atoms with Crippen LogP contribution in [0.4, 0.5) is 5.13 Å². The second-order valence-corrected chi connectivity index (χ2v) is 3.12. The number of hydrogen-bond acceptors (Lipinski definition) is 4. The third kappa shape index (κ3) is 2.17. The first-order chi connectivity index (χ1) is 5.74. The van der Waals surface area contributed by atoms with E-state index in [0.717, 1.165) is 5.13 Å². The molecule has 1 heterocycles. The fourth-order valence-electron chi connectivity index (χ4n) is 0.676. The van der Waals surface area contributed by atoms with Gasteiger partial charge in [0.1, 0.15) is 5.69 Å². The SMILES string of the molecule is C=CCNc1nc(C(C)=O)cs1.